The number of hydrogen-bond acceptors (Lipinski definition) is 3. The van der Waals surface area contributed by atoms with Crippen LogP contribution in [0.1, 0.15) is 26.3 Å². The number of esters is 1. The van der Waals surface area contributed by atoms with Crippen LogP contribution in [-0.2, 0) is 9.53 Å². The standard InChI is InChI=1S/C11H10.C9H16N2O3/c1-9-5-4-7-10-6-2-3-8-11(9)10;1-5-14-8(12)6(2)7(3)11-9(13)10-4/h2-8H,1H3;5H2,1-4H3,(H2,10,11,13)/b;7-6+. The van der Waals surface area contributed by atoms with Crippen molar-refractivity contribution in [3.05, 3.63) is 59.3 Å². The molecule has 2 N–H and O–H groups in total. The summed E-state index contributed by atoms with van der Waals surface area (Å²) in [5.41, 5.74) is 2.24. The molecule has 0 aliphatic heterocycles. The lowest BCUT2D eigenvalue weighted by molar-refractivity contribution is -0.138. The van der Waals surface area contributed by atoms with E-state index in [2.05, 4.69) is 60.0 Å². The van der Waals surface area contributed by atoms with Gasteiger partial charge in [-0.25, -0.2) is 9.59 Å². The van der Waals surface area contributed by atoms with Crippen LogP contribution in [-0.4, -0.2) is 25.7 Å². The summed E-state index contributed by atoms with van der Waals surface area (Å²) in [6.45, 7) is 7.43. The minimum atomic E-state index is -0.415. The number of fused-ring (bicyclic) bond motifs is 1. The average molecular weight is 342 g/mol. The van der Waals surface area contributed by atoms with Crippen LogP contribution < -0.4 is 10.6 Å². The molecule has 0 bridgehead atoms. The normalized spacial score (nSPS) is 10.9. The van der Waals surface area contributed by atoms with E-state index in [4.69, 9.17) is 4.74 Å². The van der Waals surface area contributed by atoms with E-state index in [-0.39, 0.29) is 6.03 Å². The lowest BCUT2D eigenvalue weighted by Crippen LogP contribution is -2.32. The predicted molar refractivity (Wildman–Crippen MR) is 101 cm³/mol. The molecule has 0 aromatic heterocycles. The van der Waals surface area contributed by atoms with E-state index in [9.17, 15) is 9.59 Å². The molecule has 5 heteroatoms. The number of benzene rings is 2. The molecule has 2 rings (SSSR count). The van der Waals surface area contributed by atoms with Gasteiger partial charge < -0.3 is 15.4 Å². The summed E-state index contributed by atoms with van der Waals surface area (Å²) in [5, 5.41) is 7.57. The van der Waals surface area contributed by atoms with Crippen LogP contribution in [0.25, 0.3) is 10.8 Å². The number of carbonyl (C=O) groups excluding carboxylic acids is 2. The van der Waals surface area contributed by atoms with E-state index in [1.807, 2.05) is 0 Å². The molecule has 0 aliphatic rings. The van der Waals surface area contributed by atoms with Gasteiger partial charge in [0.25, 0.3) is 0 Å². The first-order valence-electron chi connectivity index (χ1n) is 8.18. The second-order valence-corrected chi connectivity index (χ2v) is 5.47. The minimum Gasteiger partial charge on any atom is -0.463 e. The number of ether oxygens (including phenoxy) is 1. The summed E-state index contributed by atoms with van der Waals surface area (Å²) in [5.74, 6) is -0.415. The van der Waals surface area contributed by atoms with Crippen molar-refractivity contribution >= 4 is 22.8 Å². The van der Waals surface area contributed by atoms with Gasteiger partial charge in [0.15, 0.2) is 0 Å². The maximum absolute atomic E-state index is 11.2. The highest BCUT2D eigenvalue weighted by atomic mass is 16.5. The molecule has 0 fully saturated rings. The van der Waals surface area contributed by atoms with Crippen LogP contribution in [0.4, 0.5) is 4.79 Å². The summed E-state index contributed by atoms with van der Waals surface area (Å²) in [4.78, 5) is 22.1. The van der Waals surface area contributed by atoms with Crippen LogP contribution >= 0.6 is 0 Å². The fourth-order valence-corrected chi connectivity index (χ4v) is 2.11. The van der Waals surface area contributed by atoms with E-state index in [1.54, 1.807) is 20.8 Å². The van der Waals surface area contributed by atoms with Gasteiger partial charge in [-0.05, 0) is 44.0 Å². The largest absolute Gasteiger partial charge is 0.463 e. The van der Waals surface area contributed by atoms with Crippen molar-refractivity contribution in [2.45, 2.75) is 27.7 Å². The highest BCUT2D eigenvalue weighted by molar-refractivity contribution is 5.89. The summed E-state index contributed by atoms with van der Waals surface area (Å²) in [6.07, 6.45) is 0. The Morgan fingerprint density at radius 1 is 1.04 bits per heavy atom. The molecule has 2 aromatic carbocycles. The third kappa shape index (κ3) is 6.30. The Hall–Kier alpha value is -2.82. The number of aryl methyl sites for hydroxylation is 1. The van der Waals surface area contributed by atoms with Gasteiger partial charge in [-0.15, -0.1) is 0 Å². The lowest BCUT2D eigenvalue weighted by Gasteiger charge is -2.08. The fourth-order valence-electron chi connectivity index (χ4n) is 2.11. The quantitative estimate of drug-likeness (QED) is 0.656. The Bertz CT molecular complexity index is 761. The maximum Gasteiger partial charge on any atom is 0.335 e. The van der Waals surface area contributed by atoms with Crippen molar-refractivity contribution in [2.75, 3.05) is 13.7 Å². The fraction of sp³-hybridized carbons (Fsp3) is 0.300. The second-order valence-electron chi connectivity index (χ2n) is 5.47. The Balaban J connectivity index is 0.000000255. The van der Waals surface area contributed by atoms with Crippen LogP contribution in [0, 0.1) is 6.92 Å². The molecule has 25 heavy (non-hydrogen) atoms. The molecular weight excluding hydrogens is 316 g/mol. The number of urea groups is 1. The first kappa shape index (κ1) is 20.2. The first-order valence-corrected chi connectivity index (χ1v) is 8.18. The summed E-state index contributed by atoms with van der Waals surface area (Å²) >= 11 is 0. The number of rotatable bonds is 3. The number of carbonyl (C=O) groups is 2. The smallest absolute Gasteiger partial charge is 0.335 e. The van der Waals surface area contributed by atoms with Gasteiger partial charge in [0.1, 0.15) is 0 Å². The number of nitrogens with one attached hydrogen (secondary N) is 2. The molecule has 0 atom stereocenters. The molecule has 0 unspecified atom stereocenters. The second kappa shape index (κ2) is 10.1. The molecule has 0 aliphatic carbocycles. The monoisotopic (exact) mass is 342 g/mol. The molecule has 0 saturated carbocycles. The summed E-state index contributed by atoms with van der Waals surface area (Å²) in [6, 6.07) is 14.5. The zero-order valence-electron chi connectivity index (χ0n) is 15.5. The molecule has 2 aromatic rings. The van der Waals surface area contributed by atoms with Gasteiger partial charge >= 0.3 is 12.0 Å². The number of hydrogen-bond donors (Lipinski definition) is 2. The molecule has 0 spiro atoms. The third-order valence-electron chi connectivity index (χ3n) is 3.68. The van der Waals surface area contributed by atoms with Crippen LogP contribution in [0.15, 0.2) is 53.7 Å². The van der Waals surface area contributed by atoms with Crippen molar-refractivity contribution in [2.24, 2.45) is 0 Å². The summed E-state index contributed by atoms with van der Waals surface area (Å²) < 4.78 is 4.77. The highest BCUT2D eigenvalue weighted by Crippen LogP contribution is 2.16. The van der Waals surface area contributed by atoms with E-state index in [0.29, 0.717) is 17.9 Å². The van der Waals surface area contributed by atoms with Crippen molar-refractivity contribution in [3.63, 3.8) is 0 Å². The Labute approximate surface area is 149 Å². The lowest BCUT2D eigenvalue weighted by atomic mass is 10.1. The molecule has 5 nitrogen and oxygen atoms in total. The predicted octanol–water partition coefficient (Wildman–Crippen LogP) is 3.92. The van der Waals surface area contributed by atoms with Gasteiger partial charge in [-0.3, -0.25) is 0 Å². The zero-order valence-corrected chi connectivity index (χ0v) is 15.5. The number of allylic oxidation sites excluding steroid dienone is 1. The average Bonchev–Trinajstić information content (AvgIpc) is 2.62. The third-order valence-corrected chi connectivity index (χ3v) is 3.68. The molecule has 0 heterocycles. The van der Waals surface area contributed by atoms with Gasteiger partial charge in [0, 0.05) is 12.7 Å². The van der Waals surface area contributed by atoms with Crippen molar-refractivity contribution in [1.29, 1.82) is 0 Å². The van der Waals surface area contributed by atoms with Crippen molar-refractivity contribution in [3.8, 4) is 0 Å². The van der Waals surface area contributed by atoms with Gasteiger partial charge in [0.05, 0.1) is 12.2 Å². The Morgan fingerprint density at radius 2 is 1.68 bits per heavy atom. The Kier molecular flexibility index (Phi) is 8.19. The molecule has 134 valence electrons. The van der Waals surface area contributed by atoms with Crippen LogP contribution in [0.2, 0.25) is 0 Å². The van der Waals surface area contributed by atoms with Gasteiger partial charge in [-0.2, -0.15) is 0 Å². The van der Waals surface area contributed by atoms with E-state index in [1.165, 1.54) is 23.4 Å². The zero-order chi connectivity index (χ0) is 18.8. The van der Waals surface area contributed by atoms with Crippen molar-refractivity contribution in [1.82, 2.24) is 10.6 Å². The van der Waals surface area contributed by atoms with Crippen LogP contribution in [0.5, 0.6) is 0 Å². The van der Waals surface area contributed by atoms with Gasteiger partial charge in [-0.1, -0.05) is 42.5 Å². The maximum atomic E-state index is 11.2. The highest BCUT2D eigenvalue weighted by Gasteiger charge is 2.09. The topological polar surface area (TPSA) is 67.4 Å². The molecule has 0 saturated heterocycles. The SMILES string of the molecule is CCOC(=O)/C(C)=C(\C)NC(=O)NC.Cc1cccc2ccccc12. The Morgan fingerprint density at radius 3 is 2.28 bits per heavy atom. The minimum absolute atomic E-state index is 0.323. The van der Waals surface area contributed by atoms with E-state index >= 15 is 0 Å². The van der Waals surface area contributed by atoms with E-state index < -0.39 is 5.97 Å². The van der Waals surface area contributed by atoms with Crippen molar-refractivity contribution < 1.29 is 14.3 Å². The van der Waals surface area contributed by atoms with E-state index in [0.717, 1.165) is 0 Å². The first-order chi connectivity index (χ1) is 11.9. The number of amides is 2. The van der Waals surface area contributed by atoms with Crippen LogP contribution in [0.3, 0.4) is 0 Å². The summed E-state index contributed by atoms with van der Waals surface area (Å²) in [7, 11) is 1.50. The van der Waals surface area contributed by atoms with Gasteiger partial charge in [0.2, 0.25) is 0 Å². The molecule has 0 radical (unpaired) electrons. The molecule has 2 amide bonds. The molecular formula is C20H26N2O3.